The van der Waals surface area contributed by atoms with Crippen molar-refractivity contribution in [1.29, 1.82) is 0 Å². The van der Waals surface area contributed by atoms with Crippen LogP contribution in [0.15, 0.2) is 24.3 Å². The molecule has 118 valence electrons. The van der Waals surface area contributed by atoms with Crippen molar-refractivity contribution in [3.8, 4) is 0 Å². The maximum atomic E-state index is 14.2. The maximum Gasteiger partial charge on any atom is 0.634 e. The van der Waals surface area contributed by atoms with E-state index in [9.17, 15) is 26.3 Å². The van der Waals surface area contributed by atoms with Gasteiger partial charge in [0.2, 0.25) is 0 Å². The van der Waals surface area contributed by atoms with Crippen molar-refractivity contribution in [1.82, 2.24) is 0 Å². The lowest BCUT2D eigenvalue weighted by Crippen LogP contribution is -2.32. The molecule has 0 saturated carbocycles. The monoisotopic (exact) mass is 324 g/mol. The lowest BCUT2D eigenvalue weighted by atomic mass is 9.99. The van der Waals surface area contributed by atoms with Crippen molar-refractivity contribution in [2.75, 3.05) is 0 Å². The third-order valence-corrected chi connectivity index (χ3v) is 2.88. The van der Waals surface area contributed by atoms with Crippen LogP contribution in [0.3, 0.4) is 0 Å². The van der Waals surface area contributed by atoms with Crippen LogP contribution in [-0.4, -0.2) is 23.5 Å². The Morgan fingerprint density at radius 1 is 0.909 bits per heavy atom. The van der Waals surface area contributed by atoms with E-state index in [4.69, 9.17) is 10.0 Å². The van der Waals surface area contributed by atoms with Gasteiger partial charge in [-0.25, -0.2) is 13.2 Å². The van der Waals surface area contributed by atoms with E-state index in [-0.39, 0.29) is 0 Å². The Morgan fingerprint density at radius 3 is 1.86 bits per heavy atom. The van der Waals surface area contributed by atoms with Crippen molar-refractivity contribution in [2.45, 2.75) is 12.3 Å². The van der Waals surface area contributed by atoms with E-state index in [0.29, 0.717) is 0 Å². The molecular formula is C12H7BF6O3. The molecular weight excluding hydrogens is 317 g/mol. The molecule has 0 aliphatic carbocycles. The Kier molecular flexibility index (Phi) is 4.36. The predicted molar refractivity (Wildman–Crippen MR) is 63.9 cm³/mol. The average molecular weight is 324 g/mol. The van der Waals surface area contributed by atoms with Crippen molar-refractivity contribution in [3.05, 3.63) is 47.3 Å². The van der Waals surface area contributed by atoms with Crippen molar-refractivity contribution >= 4 is 18.1 Å². The summed E-state index contributed by atoms with van der Waals surface area (Å²) in [6, 6.07) is 4.42. The first-order valence-corrected chi connectivity index (χ1v) is 5.78. The Morgan fingerprint density at radius 2 is 1.41 bits per heavy atom. The van der Waals surface area contributed by atoms with Gasteiger partial charge in [-0.3, -0.25) is 0 Å². The van der Waals surface area contributed by atoms with Gasteiger partial charge in [-0.15, -0.1) is 0 Å². The zero-order valence-corrected chi connectivity index (χ0v) is 10.5. The number of hydrogen-bond donors (Lipinski definition) is 2. The van der Waals surface area contributed by atoms with Gasteiger partial charge in [0.25, 0.3) is 0 Å². The minimum atomic E-state index is -5.40. The molecule has 3 nitrogen and oxygen atoms in total. The van der Waals surface area contributed by atoms with Gasteiger partial charge in [0.05, 0.1) is 5.56 Å². The van der Waals surface area contributed by atoms with Crippen LogP contribution >= 0.6 is 0 Å². The number of halogens is 6. The Bertz CT molecular complexity index is 703. The molecule has 2 rings (SSSR count). The maximum absolute atomic E-state index is 14.2. The van der Waals surface area contributed by atoms with Gasteiger partial charge < -0.3 is 14.7 Å². The first-order valence-electron chi connectivity index (χ1n) is 5.78. The molecule has 0 fully saturated rings. The zero-order chi connectivity index (χ0) is 16.7. The molecule has 2 N–H and O–H groups in total. The van der Waals surface area contributed by atoms with Crippen LogP contribution in [0.4, 0.5) is 26.3 Å². The molecule has 0 saturated heterocycles. The fourth-order valence-corrected chi connectivity index (χ4v) is 2.00. The first kappa shape index (κ1) is 16.6. The highest BCUT2D eigenvalue weighted by molar-refractivity contribution is 6.32. The predicted octanol–water partition coefficient (Wildman–Crippen LogP) is 2.85. The van der Waals surface area contributed by atoms with E-state index in [0.717, 1.165) is 12.1 Å². The number of hydrogen-bond acceptors (Lipinski definition) is 3. The minimum absolute atomic E-state index is 0.549. The van der Waals surface area contributed by atoms with Gasteiger partial charge in [-0.2, -0.15) is 13.2 Å². The molecule has 0 radical (unpaired) electrons. The second-order valence-electron chi connectivity index (χ2n) is 4.29. The number of alkyl halides is 3. The number of benzene rings is 2. The highest BCUT2D eigenvalue weighted by atomic mass is 19.4. The Labute approximate surface area is 119 Å². The molecule has 0 aromatic heterocycles. The van der Waals surface area contributed by atoms with E-state index in [1.165, 1.54) is 12.1 Å². The Hall–Kier alpha value is -1.78. The van der Waals surface area contributed by atoms with Crippen LogP contribution < -0.4 is 0 Å². The highest BCUT2D eigenvalue weighted by Crippen LogP contribution is 2.41. The molecule has 0 bridgehead atoms. The van der Waals surface area contributed by atoms with Gasteiger partial charge >= 0.3 is 13.5 Å². The van der Waals surface area contributed by atoms with E-state index in [1.807, 2.05) is 0 Å². The number of fused-ring (bicyclic) bond motifs is 1. The molecule has 0 spiro atoms. The minimum Gasteiger partial charge on any atom is -0.402 e. The zero-order valence-electron chi connectivity index (χ0n) is 10.5. The second-order valence-corrected chi connectivity index (χ2v) is 4.29. The molecule has 2 aromatic carbocycles. The largest absolute Gasteiger partial charge is 0.634 e. The van der Waals surface area contributed by atoms with Crippen LogP contribution in [0.2, 0.25) is 0 Å². The van der Waals surface area contributed by atoms with Crippen LogP contribution in [0.1, 0.15) is 11.7 Å². The van der Waals surface area contributed by atoms with Crippen LogP contribution in [-0.2, 0) is 4.65 Å². The van der Waals surface area contributed by atoms with Crippen LogP contribution in [0.5, 0.6) is 0 Å². The molecule has 1 atom stereocenters. The molecule has 10 heteroatoms. The molecule has 0 heterocycles. The average Bonchev–Trinajstić information content (AvgIpc) is 2.42. The van der Waals surface area contributed by atoms with E-state index >= 15 is 0 Å². The van der Waals surface area contributed by atoms with Gasteiger partial charge in [-0.05, 0) is 0 Å². The van der Waals surface area contributed by atoms with Gasteiger partial charge in [0.1, 0.15) is 5.82 Å². The van der Waals surface area contributed by atoms with Crippen LogP contribution in [0.25, 0.3) is 10.8 Å². The van der Waals surface area contributed by atoms with Gasteiger partial charge in [-0.1, -0.05) is 24.3 Å². The Balaban J connectivity index is 2.77. The SMILES string of the molecule is OB(O)OC(c1c(F)c(F)c2ccccc2c1F)C(F)(F)F. The van der Waals surface area contributed by atoms with Crippen molar-refractivity contribution in [2.24, 2.45) is 0 Å². The fourth-order valence-electron chi connectivity index (χ4n) is 2.00. The molecule has 0 amide bonds. The molecule has 0 aliphatic rings. The van der Waals surface area contributed by atoms with Gasteiger partial charge in [0, 0.05) is 10.8 Å². The second kappa shape index (κ2) is 5.78. The van der Waals surface area contributed by atoms with E-state index < -0.39 is 53.4 Å². The van der Waals surface area contributed by atoms with E-state index in [1.54, 1.807) is 0 Å². The summed E-state index contributed by atoms with van der Waals surface area (Å²) in [5.74, 6) is -5.51. The lowest BCUT2D eigenvalue weighted by molar-refractivity contribution is -0.207. The summed E-state index contributed by atoms with van der Waals surface area (Å²) in [6.07, 6.45) is -8.79. The molecule has 22 heavy (non-hydrogen) atoms. The highest BCUT2D eigenvalue weighted by Gasteiger charge is 2.47. The van der Waals surface area contributed by atoms with Crippen LogP contribution in [0, 0.1) is 17.5 Å². The van der Waals surface area contributed by atoms with Crippen molar-refractivity contribution in [3.63, 3.8) is 0 Å². The lowest BCUT2D eigenvalue weighted by Gasteiger charge is -2.23. The summed E-state index contributed by atoms with van der Waals surface area (Å²) in [5, 5.41) is 15.9. The van der Waals surface area contributed by atoms with Gasteiger partial charge in [0.15, 0.2) is 17.7 Å². The molecule has 1 unspecified atom stereocenters. The third-order valence-electron chi connectivity index (χ3n) is 2.88. The number of rotatable bonds is 3. The summed E-state index contributed by atoms with van der Waals surface area (Å²) in [6.45, 7) is 0. The summed E-state index contributed by atoms with van der Waals surface area (Å²) in [7, 11) is -2.96. The summed E-state index contributed by atoms with van der Waals surface area (Å²) >= 11 is 0. The third kappa shape index (κ3) is 2.89. The van der Waals surface area contributed by atoms with E-state index in [2.05, 4.69) is 4.65 Å². The summed E-state index contributed by atoms with van der Waals surface area (Å²) in [5.41, 5.74) is -1.78. The summed E-state index contributed by atoms with van der Waals surface area (Å²) in [4.78, 5) is 0. The normalized spacial score (nSPS) is 13.5. The molecule has 2 aromatic rings. The molecule has 0 aliphatic heterocycles. The smallest absolute Gasteiger partial charge is 0.402 e. The fraction of sp³-hybridized carbons (Fsp3) is 0.167. The van der Waals surface area contributed by atoms with Crippen molar-refractivity contribution < 1.29 is 41.0 Å². The summed E-state index contributed by atoms with van der Waals surface area (Å²) < 4.78 is 84.2. The standard InChI is InChI=1S/C12H7BF6O3/c14-8-5-3-1-2-4-6(5)9(15)10(16)7(8)11(12(17,18)19)22-13(20)21/h1-4,11,20-21H. The topological polar surface area (TPSA) is 49.7 Å². The quantitative estimate of drug-likeness (QED) is 0.519. The first-order chi connectivity index (χ1) is 10.1.